The van der Waals surface area contributed by atoms with Crippen molar-refractivity contribution in [1.29, 1.82) is 52.6 Å². The number of hydrogen-bond donors (Lipinski definition) is 0. The van der Waals surface area contributed by atoms with Crippen molar-refractivity contribution in [1.82, 2.24) is 9.13 Å². The molecule has 0 aliphatic carbocycles. The minimum atomic E-state index is -5.07. The van der Waals surface area contributed by atoms with Gasteiger partial charge < -0.3 is 9.13 Å². The van der Waals surface area contributed by atoms with Gasteiger partial charge in [0, 0.05) is 32.7 Å². The summed E-state index contributed by atoms with van der Waals surface area (Å²) >= 11 is 0. The highest BCUT2D eigenvalue weighted by atomic mass is 19.4. The van der Waals surface area contributed by atoms with Gasteiger partial charge in [0.15, 0.2) is 0 Å². The molecule has 0 amide bonds. The zero-order valence-corrected chi connectivity index (χ0v) is 44.2. The van der Waals surface area contributed by atoms with Crippen molar-refractivity contribution in [2.24, 2.45) is 0 Å². The number of aromatic nitrogens is 2. The molecular formula is C71H29F3N12. The molecule has 12 nitrogen and oxygen atoms in total. The summed E-state index contributed by atoms with van der Waals surface area (Å²) in [4.78, 5) is 0. The number of benzene rings is 10. The van der Waals surface area contributed by atoms with Crippen LogP contribution in [0, 0.1) is 113 Å². The van der Waals surface area contributed by atoms with Crippen LogP contribution in [0.4, 0.5) is 13.2 Å². The molecule has 0 atom stereocenters. The Morgan fingerprint density at radius 1 is 0.267 bits per heavy atom. The normalized spacial score (nSPS) is 10.8. The number of fused-ring (bicyclic) bond motifs is 6. The lowest BCUT2D eigenvalue weighted by Gasteiger charge is -2.24. The second-order valence-corrected chi connectivity index (χ2v) is 20.0. The average Bonchev–Trinajstić information content (AvgIpc) is 1.85. The Hall–Kier alpha value is -13.5. The molecule has 0 saturated heterocycles. The van der Waals surface area contributed by atoms with Crippen LogP contribution < -0.4 is 0 Å². The molecular weight excluding hydrogens is 1080 g/mol. The van der Waals surface area contributed by atoms with E-state index in [0.717, 1.165) is 12.1 Å². The zero-order chi connectivity index (χ0) is 60.1. The van der Waals surface area contributed by atoms with Crippen LogP contribution in [0.2, 0.25) is 0 Å². The smallest absolute Gasteiger partial charge is 0.308 e. The van der Waals surface area contributed by atoms with Gasteiger partial charge >= 0.3 is 6.18 Å². The van der Waals surface area contributed by atoms with E-state index < -0.39 is 17.3 Å². The first-order chi connectivity index (χ1) is 41.7. The fraction of sp³-hybridized carbons (Fsp3) is 0.0141. The third-order valence-corrected chi connectivity index (χ3v) is 15.1. The predicted molar refractivity (Wildman–Crippen MR) is 314 cm³/mol. The number of rotatable bonds is 7. The Balaban J connectivity index is 1.25. The van der Waals surface area contributed by atoms with Crippen LogP contribution in [-0.2, 0) is 6.18 Å². The summed E-state index contributed by atoms with van der Waals surface area (Å²) in [6, 6.07) is 67.4. The van der Waals surface area contributed by atoms with Gasteiger partial charge in [-0.2, -0.15) is 65.8 Å². The van der Waals surface area contributed by atoms with Crippen molar-refractivity contribution in [3.8, 4) is 128 Å². The molecule has 0 bridgehead atoms. The Morgan fingerprint density at radius 2 is 0.535 bits per heavy atom. The molecule has 12 aromatic rings. The van der Waals surface area contributed by atoms with Crippen LogP contribution in [0.15, 0.2) is 176 Å². The highest BCUT2D eigenvalue weighted by Crippen LogP contribution is 2.49. The summed E-state index contributed by atoms with van der Waals surface area (Å²) < 4.78 is 51.7. The molecule has 0 saturated carbocycles. The van der Waals surface area contributed by atoms with E-state index in [1.165, 1.54) is 42.5 Å². The second-order valence-electron chi connectivity index (χ2n) is 20.0. The molecule has 0 aliphatic heterocycles. The van der Waals surface area contributed by atoms with Crippen LogP contribution in [-0.4, -0.2) is 9.13 Å². The van der Waals surface area contributed by atoms with E-state index in [0.29, 0.717) is 88.1 Å². The van der Waals surface area contributed by atoms with Crippen LogP contribution >= 0.6 is 0 Å². The van der Waals surface area contributed by atoms with Crippen molar-refractivity contribution in [2.75, 3.05) is 0 Å². The number of halogens is 3. The molecule has 2 heterocycles. The number of nitriles is 10. The van der Waals surface area contributed by atoms with E-state index >= 15 is 13.2 Å². The van der Waals surface area contributed by atoms with Gasteiger partial charge in [0.25, 0.3) is 0 Å². The first kappa shape index (κ1) is 53.1. The molecule has 0 spiro atoms. The maximum Gasteiger partial charge on any atom is 0.417 e. The number of alkyl halides is 3. The van der Waals surface area contributed by atoms with Crippen molar-refractivity contribution in [3.05, 3.63) is 237 Å². The third-order valence-electron chi connectivity index (χ3n) is 15.1. The average molecular weight is 1110 g/mol. The second kappa shape index (κ2) is 20.9. The number of hydrogen-bond acceptors (Lipinski definition) is 10. The van der Waals surface area contributed by atoms with Crippen LogP contribution in [0.25, 0.3) is 111 Å². The molecule has 86 heavy (non-hydrogen) atoms. The van der Waals surface area contributed by atoms with Gasteiger partial charge in [0.05, 0.1) is 155 Å². The quantitative estimate of drug-likeness (QED) is 0.146. The minimum absolute atomic E-state index is 0.00219. The summed E-state index contributed by atoms with van der Waals surface area (Å²) in [5.74, 6) is 0. The molecule has 0 fully saturated rings. The maximum atomic E-state index is 16.1. The van der Waals surface area contributed by atoms with E-state index in [1.807, 2.05) is 30.3 Å². The molecule has 0 aliphatic rings. The lowest BCUT2D eigenvalue weighted by Crippen LogP contribution is -2.12. The highest BCUT2D eigenvalue weighted by Gasteiger charge is 2.37. The summed E-state index contributed by atoms with van der Waals surface area (Å²) in [7, 11) is 0. The Morgan fingerprint density at radius 3 is 0.779 bits per heavy atom. The standard InChI is InChI=1S/C71H29F3N12/c72-71(73,74)62-3-1-2-53(39-84)69(62)70-67(85-63-8-4-49(54-16-40(30-75)12-41(17-54)31-76)26-58(63)59-27-50(5-9-64(59)85)55-18-42(32-77)13-43(19-55)33-78)24-48(38-83)25-68(70)86-65-10-6-51(56-20-44(34-79)14-45(21-56)35-80)28-60(65)61-29-52(7-11-66(61)86)57-22-46(36-81)15-47(23-57)37-82/h1-29H. The first-order valence-corrected chi connectivity index (χ1v) is 25.9. The molecule has 12 rings (SSSR count). The lowest BCUT2D eigenvalue weighted by atomic mass is 9.90. The summed E-state index contributed by atoms with van der Waals surface area (Å²) in [6.45, 7) is 0. The Kier molecular flexibility index (Phi) is 12.9. The highest BCUT2D eigenvalue weighted by molar-refractivity contribution is 6.15. The van der Waals surface area contributed by atoms with Gasteiger partial charge in [-0.05, 0) is 190 Å². The molecule has 15 heteroatoms. The third kappa shape index (κ3) is 9.00. The largest absolute Gasteiger partial charge is 0.417 e. The van der Waals surface area contributed by atoms with Crippen LogP contribution in [0.1, 0.15) is 61.2 Å². The predicted octanol–water partition coefficient (Wildman–Crippen LogP) is 16.0. The topological polar surface area (TPSA) is 248 Å². The van der Waals surface area contributed by atoms with E-state index in [4.69, 9.17) is 0 Å². The number of nitrogens with zero attached hydrogens (tertiary/aromatic N) is 12. The van der Waals surface area contributed by atoms with Crippen molar-refractivity contribution < 1.29 is 13.2 Å². The fourth-order valence-electron chi connectivity index (χ4n) is 11.4. The lowest BCUT2D eigenvalue weighted by molar-refractivity contribution is -0.137. The fourth-order valence-corrected chi connectivity index (χ4v) is 11.4. The molecule has 2 aromatic heterocycles. The van der Waals surface area contributed by atoms with Crippen LogP contribution in [0.5, 0.6) is 0 Å². The van der Waals surface area contributed by atoms with E-state index in [1.54, 1.807) is 106 Å². The molecule has 0 unspecified atom stereocenters. The Bertz CT molecular complexity index is 4800. The van der Waals surface area contributed by atoms with Gasteiger partial charge in [0.2, 0.25) is 0 Å². The van der Waals surface area contributed by atoms with Gasteiger partial charge in [-0.25, -0.2) is 0 Å². The van der Waals surface area contributed by atoms with Gasteiger partial charge in [0.1, 0.15) is 0 Å². The molecule has 0 N–H and O–H groups in total. The van der Waals surface area contributed by atoms with Gasteiger partial charge in [-0.15, -0.1) is 0 Å². The van der Waals surface area contributed by atoms with E-state index in [2.05, 4.69) is 54.6 Å². The van der Waals surface area contributed by atoms with Crippen molar-refractivity contribution in [3.63, 3.8) is 0 Å². The first-order valence-electron chi connectivity index (χ1n) is 25.9. The summed E-state index contributed by atoms with van der Waals surface area (Å²) in [5, 5.41) is 104. The van der Waals surface area contributed by atoms with Gasteiger partial charge in [-0.3, -0.25) is 0 Å². The SMILES string of the molecule is N#Cc1cc(C#N)cc(-c2ccc3c(c2)c2cc(-c4cc(C#N)cc(C#N)c4)ccc2n3-c2cc(C#N)cc(-n3c4ccc(-c5cc(C#N)cc(C#N)c5)cc4c4cc(-c5cc(C#N)cc(C#N)c5)ccc43)c2-c2c(C#N)cccc2C(F)(F)F)c1. The van der Waals surface area contributed by atoms with E-state index in [9.17, 15) is 52.6 Å². The van der Waals surface area contributed by atoms with Crippen molar-refractivity contribution in [2.45, 2.75) is 6.18 Å². The monoisotopic (exact) mass is 1110 g/mol. The molecule has 0 radical (unpaired) electrons. The summed E-state index contributed by atoms with van der Waals surface area (Å²) in [5.41, 5.74) is 5.64. The molecule has 394 valence electrons. The molecule has 10 aromatic carbocycles. The van der Waals surface area contributed by atoms with Crippen LogP contribution in [0.3, 0.4) is 0 Å². The van der Waals surface area contributed by atoms with Gasteiger partial charge in [-0.1, -0.05) is 30.3 Å². The zero-order valence-electron chi connectivity index (χ0n) is 44.2. The Labute approximate surface area is 487 Å². The summed E-state index contributed by atoms with van der Waals surface area (Å²) in [6.07, 6.45) is -5.07. The van der Waals surface area contributed by atoms with E-state index in [-0.39, 0.29) is 72.6 Å². The van der Waals surface area contributed by atoms with Crippen molar-refractivity contribution >= 4 is 43.6 Å². The minimum Gasteiger partial charge on any atom is -0.308 e. The maximum absolute atomic E-state index is 16.1.